The highest BCUT2D eigenvalue weighted by molar-refractivity contribution is 5.92. The molecule has 0 amide bonds. The van der Waals surface area contributed by atoms with Crippen LogP contribution in [0.15, 0.2) is 23.2 Å². The first-order valence-electron chi connectivity index (χ1n) is 8.24. The third-order valence-electron chi connectivity index (χ3n) is 4.02. The quantitative estimate of drug-likeness (QED) is 0.437. The first kappa shape index (κ1) is 17.4. The molecular weight excluding hydrogens is 292 g/mol. The van der Waals surface area contributed by atoms with E-state index in [-0.39, 0.29) is 0 Å². The van der Waals surface area contributed by atoms with Gasteiger partial charge in [0.05, 0.1) is 14.2 Å². The van der Waals surface area contributed by atoms with Crippen LogP contribution in [0.4, 0.5) is 5.69 Å². The van der Waals surface area contributed by atoms with Gasteiger partial charge in [-0.15, -0.1) is 0 Å². The van der Waals surface area contributed by atoms with Gasteiger partial charge in [0.25, 0.3) is 0 Å². The molecule has 1 aromatic rings. The number of hydrogen-bond acceptors (Lipinski definition) is 4. The van der Waals surface area contributed by atoms with Gasteiger partial charge in [0.15, 0.2) is 17.5 Å². The van der Waals surface area contributed by atoms with Crippen LogP contribution in [0.2, 0.25) is 0 Å². The molecule has 1 aromatic carbocycles. The van der Waals surface area contributed by atoms with Crippen molar-refractivity contribution in [3.8, 4) is 11.5 Å². The Labute approximate surface area is 138 Å². The summed E-state index contributed by atoms with van der Waals surface area (Å²) < 4.78 is 10.5. The van der Waals surface area contributed by atoms with E-state index < -0.39 is 0 Å². The molecule has 6 heteroatoms. The number of unbranched alkanes of at least 4 members (excludes halogenated alkanes) is 1. The predicted octanol–water partition coefficient (Wildman–Crippen LogP) is 2.31. The topological polar surface area (TPSA) is 72.1 Å². The van der Waals surface area contributed by atoms with Crippen LogP contribution in [0.1, 0.15) is 25.7 Å². The minimum atomic E-state index is 0.429. The van der Waals surface area contributed by atoms with Crippen molar-refractivity contribution in [3.63, 3.8) is 0 Å². The Morgan fingerprint density at radius 2 is 1.91 bits per heavy atom. The first-order valence-corrected chi connectivity index (χ1v) is 8.24. The monoisotopic (exact) mass is 320 g/mol. The van der Waals surface area contributed by atoms with E-state index in [0.717, 1.165) is 18.7 Å². The lowest BCUT2D eigenvalue weighted by Crippen LogP contribution is -2.23. The van der Waals surface area contributed by atoms with E-state index in [1.54, 1.807) is 14.2 Å². The Kier molecular flexibility index (Phi) is 7.00. The van der Waals surface area contributed by atoms with E-state index in [1.807, 2.05) is 18.2 Å². The molecule has 0 bridgehead atoms. The SMILES string of the molecule is COc1ccc(NC(N)=NCCCCN2CCCC2)cc1OC. The highest BCUT2D eigenvalue weighted by atomic mass is 16.5. The minimum Gasteiger partial charge on any atom is -0.493 e. The fourth-order valence-electron chi connectivity index (χ4n) is 2.75. The first-order chi connectivity index (χ1) is 11.2. The maximum Gasteiger partial charge on any atom is 0.193 e. The largest absolute Gasteiger partial charge is 0.493 e. The molecule has 1 aliphatic rings. The number of nitrogens with zero attached hydrogens (tertiary/aromatic N) is 2. The average molecular weight is 320 g/mol. The molecule has 0 spiro atoms. The van der Waals surface area contributed by atoms with Crippen LogP contribution in [0.25, 0.3) is 0 Å². The number of aliphatic imine (C=N–C) groups is 1. The number of ether oxygens (including phenoxy) is 2. The Hall–Kier alpha value is -1.95. The summed E-state index contributed by atoms with van der Waals surface area (Å²) in [5, 5.41) is 3.08. The number of hydrogen-bond donors (Lipinski definition) is 2. The summed E-state index contributed by atoms with van der Waals surface area (Å²) in [7, 11) is 3.22. The molecule has 128 valence electrons. The lowest BCUT2D eigenvalue weighted by molar-refractivity contribution is 0.331. The van der Waals surface area contributed by atoms with Crippen molar-refractivity contribution in [2.75, 3.05) is 45.7 Å². The number of benzene rings is 1. The van der Waals surface area contributed by atoms with Crippen LogP contribution in [0.3, 0.4) is 0 Å². The van der Waals surface area contributed by atoms with Crippen LogP contribution < -0.4 is 20.5 Å². The minimum absolute atomic E-state index is 0.429. The van der Waals surface area contributed by atoms with E-state index in [9.17, 15) is 0 Å². The molecule has 6 nitrogen and oxygen atoms in total. The van der Waals surface area contributed by atoms with Crippen molar-refractivity contribution in [1.82, 2.24) is 4.90 Å². The third kappa shape index (κ3) is 5.63. The lowest BCUT2D eigenvalue weighted by Gasteiger charge is -2.13. The number of rotatable bonds is 8. The average Bonchev–Trinajstić information content (AvgIpc) is 3.07. The van der Waals surface area contributed by atoms with E-state index in [1.165, 1.54) is 38.9 Å². The lowest BCUT2D eigenvalue weighted by atomic mass is 10.2. The molecule has 1 aliphatic heterocycles. The predicted molar refractivity (Wildman–Crippen MR) is 94.6 cm³/mol. The van der Waals surface area contributed by atoms with E-state index in [4.69, 9.17) is 15.2 Å². The van der Waals surface area contributed by atoms with Gasteiger partial charge in [0.2, 0.25) is 0 Å². The summed E-state index contributed by atoms with van der Waals surface area (Å²) in [5.74, 6) is 1.78. The van der Waals surface area contributed by atoms with E-state index >= 15 is 0 Å². The highest BCUT2D eigenvalue weighted by Gasteiger charge is 2.10. The Balaban J connectivity index is 1.73. The van der Waals surface area contributed by atoms with Crippen molar-refractivity contribution < 1.29 is 9.47 Å². The molecule has 0 aliphatic carbocycles. The Morgan fingerprint density at radius 3 is 2.61 bits per heavy atom. The molecule has 0 atom stereocenters. The summed E-state index contributed by atoms with van der Waals surface area (Å²) in [6.07, 6.45) is 4.93. The molecule has 1 saturated heterocycles. The van der Waals surface area contributed by atoms with Gasteiger partial charge in [0, 0.05) is 18.3 Å². The van der Waals surface area contributed by atoms with Gasteiger partial charge in [-0.25, -0.2) is 0 Å². The Bertz CT molecular complexity index is 513. The molecule has 2 rings (SSSR count). The van der Waals surface area contributed by atoms with Crippen molar-refractivity contribution in [2.24, 2.45) is 10.7 Å². The van der Waals surface area contributed by atoms with Crippen LogP contribution in [0.5, 0.6) is 11.5 Å². The second kappa shape index (κ2) is 9.25. The second-order valence-electron chi connectivity index (χ2n) is 5.72. The standard InChI is InChI=1S/C17H28N4O2/c1-22-15-8-7-14(13-16(15)23-2)20-17(18)19-9-3-4-10-21-11-5-6-12-21/h7-8,13H,3-6,9-12H2,1-2H3,(H3,18,19,20). The van der Waals surface area contributed by atoms with Gasteiger partial charge >= 0.3 is 0 Å². The molecular formula is C17H28N4O2. The van der Waals surface area contributed by atoms with Crippen molar-refractivity contribution in [3.05, 3.63) is 18.2 Å². The maximum absolute atomic E-state index is 5.93. The number of nitrogens with one attached hydrogen (secondary N) is 1. The molecule has 1 fully saturated rings. The van der Waals surface area contributed by atoms with Crippen molar-refractivity contribution in [2.45, 2.75) is 25.7 Å². The second-order valence-corrected chi connectivity index (χ2v) is 5.72. The van der Waals surface area contributed by atoms with Gasteiger partial charge < -0.3 is 25.4 Å². The number of methoxy groups -OCH3 is 2. The molecule has 23 heavy (non-hydrogen) atoms. The van der Waals surface area contributed by atoms with Crippen LogP contribution in [-0.4, -0.2) is 51.3 Å². The van der Waals surface area contributed by atoms with Crippen molar-refractivity contribution >= 4 is 11.6 Å². The summed E-state index contributed by atoms with van der Waals surface area (Å²) in [5.41, 5.74) is 6.76. The number of likely N-dealkylation sites (tertiary alicyclic amines) is 1. The molecule has 0 radical (unpaired) electrons. The highest BCUT2D eigenvalue weighted by Crippen LogP contribution is 2.29. The fraction of sp³-hybridized carbons (Fsp3) is 0.588. The van der Waals surface area contributed by atoms with Gasteiger partial charge in [-0.3, -0.25) is 4.99 Å². The van der Waals surface area contributed by atoms with E-state index in [0.29, 0.717) is 17.5 Å². The summed E-state index contributed by atoms with van der Waals surface area (Å²) >= 11 is 0. The maximum atomic E-state index is 5.93. The van der Waals surface area contributed by atoms with Gasteiger partial charge in [-0.2, -0.15) is 0 Å². The van der Waals surface area contributed by atoms with Gasteiger partial charge in [-0.05, 0) is 57.5 Å². The smallest absolute Gasteiger partial charge is 0.193 e. The molecule has 0 unspecified atom stereocenters. The van der Waals surface area contributed by atoms with Gasteiger partial charge in [0.1, 0.15) is 0 Å². The van der Waals surface area contributed by atoms with Crippen LogP contribution in [0, 0.1) is 0 Å². The normalized spacial score (nSPS) is 15.7. The summed E-state index contributed by atoms with van der Waals surface area (Å²) in [6.45, 7) is 4.44. The van der Waals surface area contributed by atoms with Gasteiger partial charge in [-0.1, -0.05) is 0 Å². The zero-order chi connectivity index (χ0) is 16.5. The number of anilines is 1. The van der Waals surface area contributed by atoms with Crippen LogP contribution >= 0.6 is 0 Å². The molecule has 1 heterocycles. The molecule has 0 saturated carbocycles. The summed E-state index contributed by atoms with van der Waals surface area (Å²) in [4.78, 5) is 6.90. The van der Waals surface area contributed by atoms with Crippen molar-refractivity contribution in [1.29, 1.82) is 0 Å². The third-order valence-corrected chi connectivity index (χ3v) is 4.02. The zero-order valence-corrected chi connectivity index (χ0v) is 14.2. The molecule has 0 aromatic heterocycles. The number of nitrogens with two attached hydrogens (primary N) is 1. The fourth-order valence-corrected chi connectivity index (χ4v) is 2.75. The summed E-state index contributed by atoms with van der Waals surface area (Å²) in [6, 6.07) is 5.57. The number of guanidine groups is 1. The Morgan fingerprint density at radius 1 is 1.17 bits per heavy atom. The molecule has 3 N–H and O–H groups in total. The van der Waals surface area contributed by atoms with E-state index in [2.05, 4.69) is 15.2 Å². The van der Waals surface area contributed by atoms with Crippen LogP contribution in [-0.2, 0) is 0 Å². The zero-order valence-electron chi connectivity index (χ0n) is 14.2.